The van der Waals surface area contributed by atoms with E-state index in [4.69, 9.17) is 16.3 Å². The van der Waals surface area contributed by atoms with E-state index < -0.39 is 0 Å². The van der Waals surface area contributed by atoms with E-state index in [1.165, 1.54) is 13.1 Å². The molecule has 5 nitrogen and oxygen atoms in total. The van der Waals surface area contributed by atoms with Gasteiger partial charge in [-0.1, -0.05) is 11.6 Å². The summed E-state index contributed by atoms with van der Waals surface area (Å²) >= 11 is 6.08. The van der Waals surface area contributed by atoms with Crippen LogP contribution in [0.3, 0.4) is 0 Å². The van der Waals surface area contributed by atoms with Crippen molar-refractivity contribution in [3.05, 3.63) is 35.2 Å². The SMILES string of the molecule is CC(=O)NC[C@H]1CN(c2ccc3c(Cl)ccnc3c2F)CCO1. The predicted octanol–water partition coefficient (Wildman–Crippen LogP) is 2.37. The molecule has 1 aliphatic rings. The van der Waals surface area contributed by atoms with Crippen LogP contribution in [0.25, 0.3) is 10.9 Å². The van der Waals surface area contributed by atoms with Gasteiger partial charge < -0.3 is 15.0 Å². The first-order valence-corrected chi connectivity index (χ1v) is 7.78. The lowest BCUT2D eigenvalue weighted by Gasteiger charge is -2.34. The Morgan fingerprint density at radius 1 is 1.52 bits per heavy atom. The number of hydrogen-bond donors (Lipinski definition) is 1. The number of pyridine rings is 1. The molecule has 0 bridgehead atoms. The third-order valence-electron chi connectivity index (χ3n) is 3.84. The van der Waals surface area contributed by atoms with Crippen molar-refractivity contribution in [2.24, 2.45) is 0 Å². The summed E-state index contributed by atoms with van der Waals surface area (Å²) < 4.78 is 20.4. The number of morpholine rings is 1. The van der Waals surface area contributed by atoms with Gasteiger partial charge in [-0.25, -0.2) is 4.39 Å². The zero-order chi connectivity index (χ0) is 16.4. The molecule has 0 spiro atoms. The van der Waals surface area contributed by atoms with E-state index in [1.54, 1.807) is 18.2 Å². The van der Waals surface area contributed by atoms with Crippen molar-refractivity contribution < 1.29 is 13.9 Å². The van der Waals surface area contributed by atoms with Crippen LogP contribution in [-0.4, -0.2) is 43.2 Å². The van der Waals surface area contributed by atoms with Crippen LogP contribution < -0.4 is 10.2 Å². The second-order valence-electron chi connectivity index (χ2n) is 5.46. The van der Waals surface area contributed by atoms with Crippen LogP contribution in [0.15, 0.2) is 24.4 Å². The first-order valence-electron chi connectivity index (χ1n) is 7.40. The van der Waals surface area contributed by atoms with Gasteiger partial charge in [0.25, 0.3) is 0 Å². The first-order chi connectivity index (χ1) is 11.1. The quantitative estimate of drug-likeness (QED) is 0.934. The number of benzene rings is 1. The minimum absolute atomic E-state index is 0.110. The van der Waals surface area contributed by atoms with E-state index in [2.05, 4.69) is 10.3 Å². The van der Waals surface area contributed by atoms with Gasteiger partial charge in [-0.2, -0.15) is 0 Å². The Balaban J connectivity index is 1.85. The highest BCUT2D eigenvalue weighted by Gasteiger charge is 2.24. The highest BCUT2D eigenvalue weighted by Crippen LogP contribution is 2.30. The zero-order valence-corrected chi connectivity index (χ0v) is 13.4. The minimum atomic E-state index is -0.384. The number of ether oxygens (including phenoxy) is 1. The Bertz CT molecular complexity index is 741. The number of nitrogens with zero attached hydrogens (tertiary/aromatic N) is 2. The number of anilines is 1. The van der Waals surface area contributed by atoms with Crippen molar-refractivity contribution in [3.8, 4) is 0 Å². The number of aromatic nitrogens is 1. The number of carbonyl (C=O) groups is 1. The Hall–Kier alpha value is -1.92. The lowest BCUT2D eigenvalue weighted by Crippen LogP contribution is -2.47. The van der Waals surface area contributed by atoms with Gasteiger partial charge in [0, 0.05) is 38.1 Å². The summed E-state index contributed by atoms with van der Waals surface area (Å²) in [6, 6.07) is 5.13. The van der Waals surface area contributed by atoms with Crippen LogP contribution >= 0.6 is 11.6 Å². The van der Waals surface area contributed by atoms with E-state index in [0.29, 0.717) is 42.3 Å². The maximum atomic E-state index is 14.8. The van der Waals surface area contributed by atoms with Crippen molar-refractivity contribution in [3.63, 3.8) is 0 Å². The third-order valence-corrected chi connectivity index (χ3v) is 4.17. The number of rotatable bonds is 3. The van der Waals surface area contributed by atoms with Crippen LogP contribution in [0.1, 0.15) is 6.92 Å². The fourth-order valence-corrected chi connectivity index (χ4v) is 2.91. The van der Waals surface area contributed by atoms with E-state index in [1.807, 2.05) is 4.90 Å². The number of amides is 1. The molecule has 2 heterocycles. The van der Waals surface area contributed by atoms with Crippen LogP contribution in [0.5, 0.6) is 0 Å². The summed E-state index contributed by atoms with van der Waals surface area (Å²) in [5.74, 6) is -0.494. The molecular weight excluding hydrogens is 321 g/mol. The Labute approximate surface area is 138 Å². The van der Waals surface area contributed by atoms with E-state index in [-0.39, 0.29) is 23.3 Å². The molecule has 1 saturated heterocycles. The lowest BCUT2D eigenvalue weighted by molar-refractivity contribution is -0.119. The van der Waals surface area contributed by atoms with Crippen molar-refractivity contribution >= 4 is 34.1 Å². The zero-order valence-electron chi connectivity index (χ0n) is 12.7. The van der Waals surface area contributed by atoms with E-state index >= 15 is 0 Å². The number of fused-ring (bicyclic) bond motifs is 1. The van der Waals surface area contributed by atoms with E-state index in [9.17, 15) is 9.18 Å². The Morgan fingerprint density at radius 3 is 3.13 bits per heavy atom. The summed E-state index contributed by atoms with van der Waals surface area (Å²) in [5, 5.41) is 3.80. The number of halogens is 2. The molecule has 3 rings (SSSR count). The molecule has 0 radical (unpaired) electrons. The highest BCUT2D eigenvalue weighted by molar-refractivity contribution is 6.35. The molecule has 1 amide bonds. The van der Waals surface area contributed by atoms with Crippen molar-refractivity contribution in [1.29, 1.82) is 0 Å². The average Bonchev–Trinajstić information content (AvgIpc) is 2.54. The molecule has 0 aliphatic carbocycles. The summed E-state index contributed by atoms with van der Waals surface area (Å²) in [7, 11) is 0. The molecule has 1 atom stereocenters. The predicted molar refractivity (Wildman–Crippen MR) is 87.3 cm³/mol. The lowest BCUT2D eigenvalue weighted by atomic mass is 10.1. The van der Waals surface area contributed by atoms with Gasteiger partial charge in [-0.3, -0.25) is 9.78 Å². The van der Waals surface area contributed by atoms with Crippen molar-refractivity contribution in [2.75, 3.05) is 31.1 Å². The molecule has 0 saturated carbocycles. The molecule has 1 N–H and O–H groups in total. The summed E-state index contributed by atoms with van der Waals surface area (Å²) in [6.45, 7) is 3.43. The standard InChI is InChI=1S/C16H17ClFN3O2/c1-10(22)20-8-11-9-21(6-7-23-11)14-3-2-12-13(17)4-5-19-16(12)15(14)18/h2-5,11H,6-9H2,1H3,(H,20,22)/t11-/m0/s1. The molecule has 1 aromatic heterocycles. The Kier molecular flexibility index (Phi) is 4.63. The first kappa shape index (κ1) is 16.0. The van der Waals surface area contributed by atoms with Gasteiger partial charge >= 0.3 is 0 Å². The maximum absolute atomic E-state index is 14.8. The average molecular weight is 338 g/mol. The van der Waals surface area contributed by atoms with Crippen LogP contribution in [0, 0.1) is 5.82 Å². The maximum Gasteiger partial charge on any atom is 0.216 e. The molecule has 122 valence electrons. The molecule has 1 aliphatic heterocycles. The van der Waals surface area contributed by atoms with E-state index in [0.717, 1.165) is 0 Å². The van der Waals surface area contributed by atoms with Crippen LogP contribution in [0.4, 0.5) is 10.1 Å². The fourth-order valence-electron chi connectivity index (χ4n) is 2.70. The van der Waals surface area contributed by atoms with Gasteiger partial charge in [0.15, 0.2) is 5.82 Å². The molecule has 1 fully saturated rings. The molecule has 23 heavy (non-hydrogen) atoms. The highest BCUT2D eigenvalue weighted by atomic mass is 35.5. The van der Waals surface area contributed by atoms with Gasteiger partial charge in [-0.05, 0) is 18.2 Å². The molecule has 1 aromatic carbocycles. The molecular formula is C16H17ClFN3O2. The third kappa shape index (κ3) is 3.38. The van der Waals surface area contributed by atoms with Crippen molar-refractivity contribution in [1.82, 2.24) is 10.3 Å². The van der Waals surface area contributed by atoms with Gasteiger partial charge in [0.2, 0.25) is 5.91 Å². The molecule has 0 unspecified atom stereocenters. The topological polar surface area (TPSA) is 54.5 Å². The normalized spacial score (nSPS) is 18.2. The second-order valence-corrected chi connectivity index (χ2v) is 5.87. The Morgan fingerprint density at radius 2 is 2.35 bits per heavy atom. The number of nitrogens with one attached hydrogen (secondary N) is 1. The minimum Gasteiger partial charge on any atom is -0.373 e. The number of carbonyl (C=O) groups excluding carboxylic acids is 1. The second kappa shape index (κ2) is 6.68. The van der Waals surface area contributed by atoms with Crippen molar-refractivity contribution in [2.45, 2.75) is 13.0 Å². The van der Waals surface area contributed by atoms with Crippen LogP contribution in [-0.2, 0) is 9.53 Å². The smallest absolute Gasteiger partial charge is 0.216 e. The summed E-state index contributed by atoms with van der Waals surface area (Å²) in [6.07, 6.45) is 1.33. The fraction of sp³-hybridized carbons (Fsp3) is 0.375. The van der Waals surface area contributed by atoms with Gasteiger partial charge in [0.1, 0.15) is 5.52 Å². The summed E-state index contributed by atoms with van der Waals surface area (Å²) in [5.41, 5.74) is 0.739. The van der Waals surface area contributed by atoms with Crippen LogP contribution in [0.2, 0.25) is 5.02 Å². The number of hydrogen-bond acceptors (Lipinski definition) is 4. The largest absolute Gasteiger partial charge is 0.373 e. The summed E-state index contributed by atoms with van der Waals surface area (Å²) in [4.78, 5) is 17.0. The van der Waals surface area contributed by atoms with Gasteiger partial charge in [-0.15, -0.1) is 0 Å². The monoisotopic (exact) mass is 337 g/mol. The molecule has 2 aromatic rings. The molecule has 7 heteroatoms. The van der Waals surface area contributed by atoms with Gasteiger partial charge in [0.05, 0.1) is 23.4 Å².